The monoisotopic (exact) mass is 393 g/mol. The Morgan fingerprint density at radius 1 is 1.04 bits per heavy atom. The van der Waals surface area contributed by atoms with Crippen LogP contribution in [-0.4, -0.2) is 47.4 Å². The van der Waals surface area contributed by atoms with Gasteiger partial charge in [0.05, 0.1) is 0 Å². The fourth-order valence-corrected chi connectivity index (χ4v) is 3.33. The molecule has 2 aromatic carbocycles. The summed E-state index contributed by atoms with van der Waals surface area (Å²) in [5.41, 5.74) is 0.346. The number of ether oxygens (including phenoxy) is 1. The number of benzene rings is 2. The molecule has 0 aromatic heterocycles. The Bertz CT molecular complexity index is 882. The van der Waals surface area contributed by atoms with Crippen LogP contribution in [0.4, 0.5) is 18.0 Å². The summed E-state index contributed by atoms with van der Waals surface area (Å²) < 4.78 is 44.9. The Morgan fingerprint density at radius 3 is 1.93 bits per heavy atom. The van der Waals surface area contributed by atoms with Gasteiger partial charge >= 0.3 is 18.2 Å². The van der Waals surface area contributed by atoms with Crippen LogP contribution in [-0.2, 0) is 9.53 Å². The Morgan fingerprint density at radius 2 is 1.50 bits per heavy atom. The number of amides is 1. The van der Waals surface area contributed by atoms with Gasteiger partial charge < -0.3 is 9.84 Å². The first kappa shape index (κ1) is 19.7. The smallest absolute Gasteiger partial charge is 0.422 e. The van der Waals surface area contributed by atoms with Crippen LogP contribution in [0.15, 0.2) is 48.5 Å². The van der Waals surface area contributed by atoms with Gasteiger partial charge in [0.2, 0.25) is 5.54 Å². The van der Waals surface area contributed by atoms with Gasteiger partial charge in [-0.05, 0) is 29.2 Å². The number of carboxylic acid groups (broad SMARTS) is 1. The molecule has 2 aromatic rings. The van der Waals surface area contributed by atoms with Gasteiger partial charge in [0.1, 0.15) is 6.61 Å². The van der Waals surface area contributed by atoms with Crippen LogP contribution >= 0.6 is 0 Å². The maximum Gasteiger partial charge on any atom is 0.422 e. The molecular formula is C20H18F3NO4. The zero-order chi connectivity index (χ0) is 20.7. The molecule has 3 rings (SSSR count). The van der Waals surface area contributed by atoms with E-state index in [9.17, 15) is 22.8 Å². The summed E-state index contributed by atoms with van der Waals surface area (Å²) >= 11 is 0. The first-order chi connectivity index (χ1) is 13.1. The zero-order valence-electron chi connectivity index (χ0n) is 15.2. The molecule has 1 amide bonds. The highest BCUT2D eigenvalue weighted by atomic mass is 19.4. The van der Waals surface area contributed by atoms with Crippen molar-refractivity contribution in [2.75, 3.05) is 13.7 Å². The molecular weight excluding hydrogens is 375 g/mol. The van der Waals surface area contributed by atoms with Gasteiger partial charge in [0.15, 0.2) is 0 Å². The second-order valence-corrected chi connectivity index (χ2v) is 6.74. The van der Waals surface area contributed by atoms with E-state index in [-0.39, 0.29) is 17.4 Å². The van der Waals surface area contributed by atoms with Crippen molar-refractivity contribution in [3.8, 4) is 11.1 Å². The largest absolute Gasteiger partial charge is 0.479 e. The standard InChI is InChI=1S/C20H18F3NO4/c1-19(17(25)26,20(21,22)23)24(2)18(27)28-11-16-14-9-5-3-7-12(14)13-8-4-6-10-15(13)16/h3-10,16H,11H2,1-2H3,(H,25,26). The van der Waals surface area contributed by atoms with Crippen molar-refractivity contribution in [1.82, 2.24) is 4.90 Å². The van der Waals surface area contributed by atoms with Crippen molar-refractivity contribution in [2.24, 2.45) is 0 Å². The average Bonchev–Trinajstić information content (AvgIpc) is 2.97. The Balaban J connectivity index is 1.83. The van der Waals surface area contributed by atoms with Crippen LogP contribution in [0.25, 0.3) is 11.1 Å². The molecule has 0 fully saturated rings. The molecule has 0 heterocycles. The van der Waals surface area contributed by atoms with Crippen molar-refractivity contribution in [3.05, 3.63) is 59.7 Å². The van der Waals surface area contributed by atoms with Gasteiger partial charge in [-0.1, -0.05) is 48.5 Å². The van der Waals surface area contributed by atoms with Gasteiger partial charge in [0.25, 0.3) is 0 Å². The molecule has 0 spiro atoms. The molecule has 1 aliphatic rings. The number of rotatable bonds is 4. The third-order valence-electron chi connectivity index (χ3n) is 5.25. The predicted molar refractivity (Wildman–Crippen MR) is 94.9 cm³/mol. The predicted octanol–water partition coefficient (Wildman–Crippen LogP) is 4.27. The highest BCUT2D eigenvalue weighted by Gasteiger charge is 2.62. The number of carboxylic acids is 1. The molecule has 5 nitrogen and oxygen atoms in total. The number of carbonyl (C=O) groups excluding carboxylic acids is 1. The minimum Gasteiger partial charge on any atom is -0.479 e. The van der Waals surface area contributed by atoms with Crippen LogP contribution in [0.5, 0.6) is 0 Å². The molecule has 0 bridgehead atoms. The number of carbonyl (C=O) groups is 2. The van der Waals surface area contributed by atoms with E-state index >= 15 is 0 Å². The number of nitrogens with zero attached hydrogens (tertiary/aromatic N) is 1. The molecule has 148 valence electrons. The van der Waals surface area contributed by atoms with Crippen LogP contribution in [0.1, 0.15) is 24.0 Å². The Kier molecular flexibility index (Phi) is 4.82. The fourth-order valence-electron chi connectivity index (χ4n) is 3.33. The lowest BCUT2D eigenvalue weighted by Crippen LogP contribution is -2.62. The lowest BCUT2D eigenvalue weighted by Gasteiger charge is -2.35. The van der Waals surface area contributed by atoms with Gasteiger partial charge in [-0.2, -0.15) is 13.2 Å². The molecule has 0 saturated heterocycles. The maximum atomic E-state index is 13.3. The molecule has 0 radical (unpaired) electrons. The van der Waals surface area contributed by atoms with Crippen LogP contribution in [0.3, 0.4) is 0 Å². The lowest BCUT2D eigenvalue weighted by molar-refractivity contribution is -0.225. The first-order valence-electron chi connectivity index (χ1n) is 8.48. The third kappa shape index (κ3) is 2.98. The quantitative estimate of drug-likeness (QED) is 0.842. The number of halogens is 3. The molecule has 1 aliphatic carbocycles. The van der Waals surface area contributed by atoms with E-state index in [1.54, 1.807) is 0 Å². The van der Waals surface area contributed by atoms with Gasteiger partial charge in [-0.25, -0.2) is 9.59 Å². The van der Waals surface area contributed by atoms with Crippen LogP contribution in [0, 0.1) is 0 Å². The van der Waals surface area contributed by atoms with Crippen molar-refractivity contribution in [1.29, 1.82) is 0 Å². The maximum absolute atomic E-state index is 13.3. The molecule has 0 saturated carbocycles. The van der Waals surface area contributed by atoms with Gasteiger partial charge in [0, 0.05) is 13.0 Å². The fraction of sp³-hybridized carbons (Fsp3) is 0.300. The molecule has 1 unspecified atom stereocenters. The second-order valence-electron chi connectivity index (χ2n) is 6.74. The van der Waals surface area contributed by atoms with E-state index < -0.39 is 23.8 Å². The van der Waals surface area contributed by atoms with E-state index in [4.69, 9.17) is 9.84 Å². The number of aliphatic carboxylic acids is 1. The summed E-state index contributed by atoms with van der Waals surface area (Å²) in [6.07, 6.45) is -6.52. The minimum absolute atomic E-state index is 0.0715. The van der Waals surface area contributed by atoms with Gasteiger partial charge in [-0.15, -0.1) is 0 Å². The van der Waals surface area contributed by atoms with Crippen molar-refractivity contribution in [2.45, 2.75) is 24.6 Å². The number of hydrogen-bond donors (Lipinski definition) is 1. The molecule has 1 N–H and O–H groups in total. The topological polar surface area (TPSA) is 66.8 Å². The number of hydrogen-bond acceptors (Lipinski definition) is 3. The second kappa shape index (κ2) is 6.85. The number of likely N-dealkylation sites (N-methyl/N-ethyl adjacent to an activating group) is 1. The summed E-state index contributed by atoms with van der Waals surface area (Å²) in [6.45, 7) is 0.224. The van der Waals surface area contributed by atoms with Crippen molar-refractivity contribution in [3.63, 3.8) is 0 Å². The minimum atomic E-state index is -5.17. The third-order valence-corrected chi connectivity index (χ3v) is 5.25. The van der Waals surface area contributed by atoms with E-state index in [1.807, 2.05) is 48.5 Å². The van der Waals surface area contributed by atoms with E-state index in [2.05, 4.69) is 0 Å². The number of alkyl halides is 3. The molecule has 8 heteroatoms. The summed E-state index contributed by atoms with van der Waals surface area (Å²) in [6, 6.07) is 15.0. The summed E-state index contributed by atoms with van der Waals surface area (Å²) in [5.74, 6) is -2.53. The van der Waals surface area contributed by atoms with Crippen LogP contribution < -0.4 is 0 Å². The molecule has 1 atom stereocenters. The number of fused-ring (bicyclic) bond motifs is 3. The van der Waals surface area contributed by atoms with Crippen molar-refractivity contribution >= 4 is 12.1 Å². The molecule has 28 heavy (non-hydrogen) atoms. The van der Waals surface area contributed by atoms with E-state index in [1.165, 1.54) is 0 Å². The Labute approximate surface area is 159 Å². The van der Waals surface area contributed by atoms with E-state index in [0.29, 0.717) is 6.92 Å². The average molecular weight is 393 g/mol. The summed E-state index contributed by atoms with van der Waals surface area (Å²) in [5, 5.41) is 9.06. The highest BCUT2D eigenvalue weighted by molar-refractivity contribution is 5.85. The summed E-state index contributed by atoms with van der Waals surface area (Å²) in [4.78, 5) is 23.6. The Hall–Kier alpha value is -3.03. The SMILES string of the molecule is CN(C(=O)OCC1c2ccccc2-c2ccccc21)C(C)(C(=O)O)C(F)(F)F. The van der Waals surface area contributed by atoms with Gasteiger partial charge in [-0.3, -0.25) is 4.90 Å². The zero-order valence-corrected chi connectivity index (χ0v) is 15.2. The molecule has 0 aliphatic heterocycles. The lowest BCUT2D eigenvalue weighted by atomic mass is 9.98. The first-order valence-corrected chi connectivity index (χ1v) is 8.48. The normalized spacial score (nSPS) is 15.3. The van der Waals surface area contributed by atoms with Crippen molar-refractivity contribution < 1.29 is 32.6 Å². The van der Waals surface area contributed by atoms with E-state index in [0.717, 1.165) is 29.3 Å². The van der Waals surface area contributed by atoms with Crippen LogP contribution in [0.2, 0.25) is 0 Å². The highest BCUT2D eigenvalue weighted by Crippen LogP contribution is 2.44. The summed E-state index contributed by atoms with van der Waals surface area (Å²) in [7, 11) is 0.764.